The zero-order valence-electron chi connectivity index (χ0n) is 16.3. The molecule has 1 saturated heterocycles. The Kier molecular flexibility index (Phi) is 3.97. The van der Waals surface area contributed by atoms with Gasteiger partial charge < -0.3 is 9.80 Å². The highest BCUT2D eigenvalue weighted by atomic mass is 16.2. The minimum absolute atomic E-state index is 0.288. The van der Waals surface area contributed by atoms with Gasteiger partial charge in [-0.1, -0.05) is 13.8 Å². The number of amides is 2. The monoisotopic (exact) mass is 346 g/mol. The lowest BCUT2D eigenvalue weighted by Gasteiger charge is -2.62. The van der Waals surface area contributed by atoms with Crippen LogP contribution < -0.4 is 0 Å². The molecule has 0 radical (unpaired) electrons. The summed E-state index contributed by atoms with van der Waals surface area (Å²) in [7, 11) is 4.00. The van der Waals surface area contributed by atoms with Crippen molar-refractivity contribution in [2.75, 3.05) is 14.1 Å². The Morgan fingerprint density at radius 2 is 1.76 bits per heavy atom. The molecule has 4 aliphatic rings. The molecule has 0 aromatic carbocycles. The second-order valence-electron chi connectivity index (χ2n) is 9.89. The van der Waals surface area contributed by atoms with Crippen molar-refractivity contribution in [2.24, 2.45) is 28.6 Å². The van der Waals surface area contributed by atoms with E-state index in [1.165, 1.54) is 32.1 Å². The average molecular weight is 347 g/mol. The van der Waals surface area contributed by atoms with Crippen LogP contribution in [0.25, 0.3) is 0 Å². The first-order valence-corrected chi connectivity index (χ1v) is 10.3. The average Bonchev–Trinajstić information content (AvgIpc) is 2.95. The Morgan fingerprint density at radius 3 is 2.48 bits per heavy atom. The standard InChI is InChI=1S/C21H34N2O2/c1-20-11-9-16-14(15(20)6-8-17(20)22(3)13-24)5-7-18-21(16,2)12-10-19(25)23(18)4/h13-18H,5-12H2,1-4H3/t14-,15-,16-,17-,18+,20-,21+/m0/s1. The SMILES string of the molecule is CN(C=O)[C@H]1CC[C@H]2[C@@H]3CC[C@H]4N(C)C(=O)CC[C@]4(C)[C@H]3CC[C@]12C. The Balaban J connectivity index is 1.62. The van der Waals surface area contributed by atoms with Gasteiger partial charge in [0.25, 0.3) is 0 Å². The molecule has 0 aromatic heterocycles. The van der Waals surface area contributed by atoms with Crippen LogP contribution in [-0.2, 0) is 9.59 Å². The molecule has 3 aliphatic carbocycles. The molecule has 2 amide bonds. The van der Waals surface area contributed by atoms with E-state index in [1.54, 1.807) is 0 Å². The van der Waals surface area contributed by atoms with E-state index in [0.717, 1.165) is 43.4 Å². The van der Waals surface area contributed by atoms with E-state index in [1.807, 2.05) is 19.0 Å². The number of carbonyl (C=O) groups is 2. The zero-order chi connectivity index (χ0) is 18.0. The second kappa shape index (κ2) is 5.72. The van der Waals surface area contributed by atoms with Crippen LogP contribution in [0.4, 0.5) is 0 Å². The topological polar surface area (TPSA) is 40.6 Å². The van der Waals surface area contributed by atoms with Crippen molar-refractivity contribution >= 4 is 12.3 Å². The molecule has 4 fully saturated rings. The number of fused-ring (bicyclic) bond motifs is 5. The number of piperidine rings is 1. The van der Waals surface area contributed by atoms with Crippen molar-refractivity contribution in [1.82, 2.24) is 9.80 Å². The molecule has 0 N–H and O–H groups in total. The molecular formula is C21H34N2O2. The first-order chi connectivity index (χ1) is 11.8. The minimum atomic E-state index is 0.288. The van der Waals surface area contributed by atoms with Crippen LogP contribution >= 0.6 is 0 Å². The summed E-state index contributed by atoms with van der Waals surface area (Å²) in [6.45, 7) is 4.93. The zero-order valence-corrected chi connectivity index (χ0v) is 16.3. The fraction of sp³-hybridized carbons (Fsp3) is 0.905. The third-order valence-corrected chi connectivity index (χ3v) is 9.17. The van der Waals surface area contributed by atoms with Gasteiger partial charge in [0.15, 0.2) is 0 Å². The summed E-state index contributed by atoms with van der Waals surface area (Å²) < 4.78 is 0. The summed E-state index contributed by atoms with van der Waals surface area (Å²) in [5.41, 5.74) is 0.581. The van der Waals surface area contributed by atoms with E-state index in [4.69, 9.17) is 0 Å². The number of likely N-dealkylation sites (tertiary alicyclic amines) is 1. The van der Waals surface area contributed by atoms with E-state index in [-0.39, 0.29) is 5.41 Å². The van der Waals surface area contributed by atoms with Crippen LogP contribution in [0.2, 0.25) is 0 Å². The smallest absolute Gasteiger partial charge is 0.222 e. The number of hydrogen-bond donors (Lipinski definition) is 0. The normalized spacial score (nSPS) is 49.2. The molecular weight excluding hydrogens is 312 g/mol. The molecule has 0 unspecified atom stereocenters. The first-order valence-electron chi connectivity index (χ1n) is 10.3. The molecule has 1 heterocycles. The first kappa shape index (κ1) is 17.4. The quantitative estimate of drug-likeness (QED) is 0.720. The van der Waals surface area contributed by atoms with E-state index < -0.39 is 0 Å². The van der Waals surface area contributed by atoms with Crippen molar-refractivity contribution in [3.8, 4) is 0 Å². The van der Waals surface area contributed by atoms with Crippen LogP contribution in [0.15, 0.2) is 0 Å². The highest BCUT2D eigenvalue weighted by Crippen LogP contribution is 2.65. The fourth-order valence-electron chi connectivity index (χ4n) is 7.87. The molecule has 4 heteroatoms. The molecule has 140 valence electrons. The van der Waals surface area contributed by atoms with Gasteiger partial charge in [-0.3, -0.25) is 9.59 Å². The minimum Gasteiger partial charge on any atom is -0.345 e. The van der Waals surface area contributed by atoms with Crippen LogP contribution in [0.1, 0.15) is 65.2 Å². The highest BCUT2D eigenvalue weighted by Gasteiger charge is 2.61. The molecule has 4 rings (SSSR count). The summed E-state index contributed by atoms with van der Waals surface area (Å²) >= 11 is 0. The van der Waals surface area contributed by atoms with Crippen molar-refractivity contribution in [3.63, 3.8) is 0 Å². The van der Waals surface area contributed by atoms with Gasteiger partial charge in [-0.25, -0.2) is 0 Å². The maximum Gasteiger partial charge on any atom is 0.222 e. The van der Waals surface area contributed by atoms with Gasteiger partial charge in [-0.05, 0) is 73.5 Å². The van der Waals surface area contributed by atoms with Gasteiger partial charge in [0.1, 0.15) is 0 Å². The van der Waals surface area contributed by atoms with Crippen molar-refractivity contribution in [3.05, 3.63) is 0 Å². The van der Waals surface area contributed by atoms with Gasteiger partial charge in [-0.2, -0.15) is 0 Å². The highest BCUT2D eigenvalue weighted by molar-refractivity contribution is 5.77. The number of rotatable bonds is 2. The molecule has 7 atom stereocenters. The predicted octanol–water partition coefficient (Wildman–Crippen LogP) is 3.31. The van der Waals surface area contributed by atoms with Crippen molar-refractivity contribution in [1.29, 1.82) is 0 Å². The Morgan fingerprint density at radius 1 is 1.04 bits per heavy atom. The summed E-state index contributed by atoms with van der Waals surface area (Å²) in [4.78, 5) is 27.6. The summed E-state index contributed by atoms with van der Waals surface area (Å²) in [5, 5.41) is 0. The third-order valence-electron chi connectivity index (χ3n) is 9.17. The van der Waals surface area contributed by atoms with Crippen molar-refractivity contribution < 1.29 is 9.59 Å². The van der Waals surface area contributed by atoms with Crippen LogP contribution in [-0.4, -0.2) is 48.3 Å². The summed E-state index contributed by atoms with van der Waals surface area (Å²) in [5.74, 6) is 2.63. The molecule has 1 aliphatic heterocycles. The van der Waals surface area contributed by atoms with Gasteiger partial charge in [0.2, 0.25) is 12.3 Å². The molecule has 4 nitrogen and oxygen atoms in total. The van der Waals surface area contributed by atoms with E-state index >= 15 is 0 Å². The van der Waals surface area contributed by atoms with Gasteiger partial charge in [0, 0.05) is 32.6 Å². The lowest BCUT2D eigenvalue weighted by atomic mass is 9.47. The van der Waals surface area contributed by atoms with Crippen LogP contribution in [0, 0.1) is 28.6 Å². The molecule has 25 heavy (non-hydrogen) atoms. The number of nitrogens with zero attached hydrogens (tertiary/aromatic N) is 2. The van der Waals surface area contributed by atoms with Crippen LogP contribution in [0.5, 0.6) is 0 Å². The molecule has 0 spiro atoms. The van der Waals surface area contributed by atoms with Gasteiger partial charge in [-0.15, -0.1) is 0 Å². The Hall–Kier alpha value is -1.06. The van der Waals surface area contributed by atoms with E-state index in [0.29, 0.717) is 23.4 Å². The molecule has 3 saturated carbocycles. The maximum absolute atomic E-state index is 12.2. The maximum atomic E-state index is 12.2. The van der Waals surface area contributed by atoms with Gasteiger partial charge >= 0.3 is 0 Å². The third kappa shape index (κ3) is 2.24. The van der Waals surface area contributed by atoms with Crippen molar-refractivity contribution in [2.45, 2.75) is 77.3 Å². The molecule has 0 aromatic rings. The summed E-state index contributed by atoms with van der Waals surface area (Å²) in [6, 6.07) is 0.853. The summed E-state index contributed by atoms with van der Waals surface area (Å²) in [6.07, 6.45) is 10.2. The Labute approximate surface area is 152 Å². The fourth-order valence-corrected chi connectivity index (χ4v) is 7.87. The van der Waals surface area contributed by atoms with E-state index in [9.17, 15) is 9.59 Å². The largest absolute Gasteiger partial charge is 0.345 e. The lowest BCUT2D eigenvalue weighted by Crippen LogP contribution is -2.61. The number of carbonyl (C=O) groups excluding carboxylic acids is 2. The second-order valence-corrected chi connectivity index (χ2v) is 9.89. The van der Waals surface area contributed by atoms with Crippen LogP contribution in [0.3, 0.4) is 0 Å². The lowest BCUT2D eigenvalue weighted by molar-refractivity contribution is -0.158. The molecule has 0 bridgehead atoms. The van der Waals surface area contributed by atoms with E-state index in [2.05, 4.69) is 18.7 Å². The Bertz CT molecular complexity index is 578. The number of hydrogen-bond acceptors (Lipinski definition) is 2. The predicted molar refractivity (Wildman–Crippen MR) is 97.8 cm³/mol. The van der Waals surface area contributed by atoms with Gasteiger partial charge in [0.05, 0.1) is 0 Å².